The van der Waals surface area contributed by atoms with Crippen LogP contribution in [-0.4, -0.2) is 61.3 Å². The molecule has 0 saturated carbocycles. The SMILES string of the molecule is COc1ccc(CN2C[C@H](O)[C@@H](N(C)C)C2)cc1OCc1cccc(F)c1. The molecule has 0 unspecified atom stereocenters. The highest BCUT2D eigenvalue weighted by Gasteiger charge is 2.32. The molecule has 1 heterocycles. The molecule has 2 atom stereocenters. The standard InChI is InChI=1S/C21H27FN2O3/c1-23(2)18-12-24(13-19(18)25)11-15-7-8-20(26-3)21(10-15)27-14-16-5-4-6-17(22)9-16/h4-10,18-19,25H,11-14H2,1-3H3/t18-,19-/m0/s1. The lowest BCUT2D eigenvalue weighted by atomic mass is 10.2. The normalized spacial score (nSPS) is 20.2. The van der Waals surface area contributed by atoms with Crippen LogP contribution in [0.2, 0.25) is 0 Å². The van der Waals surface area contributed by atoms with Crippen LogP contribution in [0, 0.1) is 5.82 Å². The molecular weight excluding hydrogens is 347 g/mol. The Morgan fingerprint density at radius 2 is 1.93 bits per heavy atom. The van der Waals surface area contributed by atoms with Gasteiger partial charge in [-0.25, -0.2) is 4.39 Å². The minimum atomic E-state index is -0.345. The Morgan fingerprint density at radius 3 is 2.59 bits per heavy atom. The quantitative estimate of drug-likeness (QED) is 0.807. The number of hydrogen-bond donors (Lipinski definition) is 1. The molecule has 5 nitrogen and oxygen atoms in total. The third-order valence-corrected chi connectivity index (χ3v) is 4.92. The zero-order chi connectivity index (χ0) is 19.4. The molecule has 1 aliphatic rings. The molecule has 1 fully saturated rings. The summed E-state index contributed by atoms with van der Waals surface area (Å²) in [6.45, 7) is 2.46. The highest BCUT2D eigenvalue weighted by Crippen LogP contribution is 2.30. The Hall–Kier alpha value is -2.15. The van der Waals surface area contributed by atoms with E-state index < -0.39 is 0 Å². The molecule has 0 radical (unpaired) electrons. The molecule has 146 valence electrons. The van der Waals surface area contributed by atoms with Gasteiger partial charge in [0.15, 0.2) is 11.5 Å². The summed E-state index contributed by atoms with van der Waals surface area (Å²) in [7, 11) is 5.58. The van der Waals surface area contributed by atoms with Crippen LogP contribution in [0.5, 0.6) is 11.5 Å². The topological polar surface area (TPSA) is 45.2 Å². The number of ether oxygens (including phenoxy) is 2. The molecule has 2 aromatic carbocycles. The lowest BCUT2D eigenvalue weighted by Gasteiger charge is -2.22. The van der Waals surface area contributed by atoms with Gasteiger partial charge in [-0.3, -0.25) is 4.90 Å². The molecule has 27 heavy (non-hydrogen) atoms. The maximum atomic E-state index is 13.3. The maximum Gasteiger partial charge on any atom is 0.161 e. The number of likely N-dealkylation sites (N-methyl/N-ethyl adjacent to an activating group) is 1. The molecule has 0 spiro atoms. The molecule has 0 aromatic heterocycles. The molecule has 3 rings (SSSR count). The summed E-state index contributed by atoms with van der Waals surface area (Å²) < 4.78 is 24.6. The van der Waals surface area contributed by atoms with E-state index in [1.54, 1.807) is 13.2 Å². The lowest BCUT2D eigenvalue weighted by Crippen LogP contribution is -2.37. The predicted octanol–water partition coefficient (Wildman–Crippen LogP) is 2.52. The van der Waals surface area contributed by atoms with Gasteiger partial charge < -0.3 is 19.5 Å². The van der Waals surface area contributed by atoms with Crippen molar-refractivity contribution in [2.24, 2.45) is 0 Å². The van der Waals surface area contributed by atoms with E-state index in [1.807, 2.05) is 38.4 Å². The first-order chi connectivity index (χ1) is 13.0. The van der Waals surface area contributed by atoms with Crippen molar-refractivity contribution in [3.05, 3.63) is 59.4 Å². The summed E-state index contributed by atoms with van der Waals surface area (Å²) in [6.07, 6.45) is -0.345. The van der Waals surface area contributed by atoms with Crippen molar-refractivity contribution in [1.82, 2.24) is 9.80 Å². The highest BCUT2D eigenvalue weighted by atomic mass is 19.1. The Labute approximate surface area is 159 Å². The van der Waals surface area contributed by atoms with E-state index in [4.69, 9.17) is 9.47 Å². The zero-order valence-corrected chi connectivity index (χ0v) is 16.1. The Morgan fingerprint density at radius 1 is 1.11 bits per heavy atom. The number of halogens is 1. The van der Waals surface area contributed by atoms with Gasteiger partial charge in [-0.15, -0.1) is 0 Å². The summed E-state index contributed by atoms with van der Waals surface area (Å²) in [4.78, 5) is 4.29. The van der Waals surface area contributed by atoms with Gasteiger partial charge in [0, 0.05) is 25.7 Å². The van der Waals surface area contributed by atoms with Crippen molar-refractivity contribution in [3.8, 4) is 11.5 Å². The number of aliphatic hydroxyl groups is 1. The molecular formula is C21H27FN2O3. The van der Waals surface area contributed by atoms with Gasteiger partial charge in [-0.2, -0.15) is 0 Å². The number of aliphatic hydroxyl groups excluding tert-OH is 1. The fraction of sp³-hybridized carbons (Fsp3) is 0.429. The van der Waals surface area contributed by atoms with Crippen LogP contribution in [0.1, 0.15) is 11.1 Å². The van der Waals surface area contributed by atoms with Crippen molar-refractivity contribution < 1.29 is 19.0 Å². The summed E-state index contributed by atoms with van der Waals surface area (Å²) in [6, 6.07) is 12.4. The number of rotatable bonds is 7. The molecule has 1 saturated heterocycles. The van der Waals surface area contributed by atoms with Crippen LogP contribution in [-0.2, 0) is 13.2 Å². The summed E-state index contributed by atoms with van der Waals surface area (Å²) in [5, 5.41) is 10.2. The fourth-order valence-corrected chi connectivity index (χ4v) is 3.46. The first-order valence-corrected chi connectivity index (χ1v) is 9.07. The van der Waals surface area contributed by atoms with Gasteiger partial charge in [-0.1, -0.05) is 18.2 Å². The summed E-state index contributed by atoms with van der Waals surface area (Å²) in [5.74, 6) is 0.991. The first-order valence-electron chi connectivity index (χ1n) is 9.07. The van der Waals surface area contributed by atoms with Crippen LogP contribution in [0.4, 0.5) is 4.39 Å². The van der Waals surface area contributed by atoms with Gasteiger partial charge in [0.2, 0.25) is 0 Å². The molecule has 0 bridgehead atoms. The fourth-order valence-electron chi connectivity index (χ4n) is 3.46. The molecule has 0 aliphatic carbocycles. The smallest absolute Gasteiger partial charge is 0.161 e. The van der Waals surface area contributed by atoms with E-state index in [1.165, 1.54) is 12.1 Å². The van der Waals surface area contributed by atoms with Crippen LogP contribution in [0.3, 0.4) is 0 Å². The third-order valence-electron chi connectivity index (χ3n) is 4.92. The van der Waals surface area contributed by atoms with Crippen molar-refractivity contribution in [2.75, 3.05) is 34.3 Å². The molecule has 1 aliphatic heterocycles. The molecule has 0 amide bonds. The monoisotopic (exact) mass is 374 g/mol. The number of likely N-dealkylation sites (tertiary alicyclic amines) is 1. The van der Waals surface area contributed by atoms with Gasteiger partial charge in [0.25, 0.3) is 0 Å². The molecule has 2 aromatic rings. The summed E-state index contributed by atoms with van der Waals surface area (Å²) in [5.41, 5.74) is 1.84. The Bertz CT molecular complexity index is 769. The average molecular weight is 374 g/mol. The second kappa shape index (κ2) is 8.69. The zero-order valence-electron chi connectivity index (χ0n) is 16.1. The second-order valence-electron chi connectivity index (χ2n) is 7.20. The van der Waals surface area contributed by atoms with Gasteiger partial charge in [0.1, 0.15) is 12.4 Å². The third kappa shape index (κ3) is 4.97. The maximum absolute atomic E-state index is 13.3. The Balaban J connectivity index is 1.68. The number of nitrogens with zero attached hydrogens (tertiary/aromatic N) is 2. The van der Waals surface area contributed by atoms with E-state index in [0.717, 1.165) is 24.2 Å². The lowest BCUT2D eigenvalue weighted by molar-refractivity contribution is 0.112. The van der Waals surface area contributed by atoms with Gasteiger partial charge in [-0.05, 0) is 49.5 Å². The van der Waals surface area contributed by atoms with Crippen LogP contribution >= 0.6 is 0 Å². The minimum absolute atomic E-state index is 0.145. The Kier molecular flexibility index (Phi) is 6.31. The van der Waals surface area contributed by atoms with Crippen molar-refractivity contribution in [2.45, 2.75) is 25.3 Å². The largest absolute Gasteiger partial charge is 0.493 e. The van der Waals surface area contributed by atoms with Crippen molar-refractivity contribution >= 4 is 0 Å². The highest BCUT2D eigenvalue weighted by molar-refractivity contribution is 5.43. The van der Waals surface area contributed by atoms with E-state index in [-0.39, 0.29) is 24.6 Å². The average Bonchev–Trinajstić information content (AvgIpc) is 3.00. The van der Waals surface area contributed by atoms with Crippen LogP contribution in [0.15, 0.2) is 42.5 Å². The van der Waals surface area contributed by atoms with E-state index in [2.05, 4.69) is 9.80 Å². The summed E-state index contributed by atoms with van der Waals surface area (Å²) >= 11 is 0. The first kappa shape index (κ1) is 19.6. The van der Waals surface area contributed by atoms with Gasteiger partial charge in [0.05, 0.1) is 13.2 Å². The van der Waals surface area contributed by atoms with Crippen LogP contribution < -0.4 is 9.47 Å². The number of methoxy groups -OCH3 is 1. The molecule has 1 N–H and O–H groups in total. The number of β-amino-alcohol motifs (C(OH)–C–C–N with tert-alkyl or cyclic N) is 1. The van der Waals surface area contributed by atoms with Crippen molar-refractivity contribution in [1.29, 1.82) is 0 Å². The van der Waals surface area contributed by atoms with E-state index >= 15 is 0 Å². The number of benzene rings is 2. The number of hydrogen-bond acceptors (Lipinski definition) is 5. The van der Waals surface area contributed by atoms with Gasteiger partial charge >= 0.3 is 0 Å². The van der Waals surface area contributed by atoms with E-state index in [0.29, 0.717) is 18.0 Å². The van der Waals surface area contributed by atoms with Crippen LogP contribution in [0.25, 0.3) is 0 Å². The second-order valence-corrected chi connectivity index (χ2v) is 7.20. The van der Waals surface area contributed by atoms with E-state index in [9.17, 15) is 9.50 Å². The predicted molar refractivity (Wildman–Crippen MR) is 102 cm³/mol. The minimum Gasteiger partial charge on any atom is -0.493 e. The molecule has 6 heteroatoms. The van der Waals surface area contributed by atoms with Crippen molar-refractivity contribution in [3.63, 3.8) is 0 Å².